The van der Waals surface area contributed by atoms with Crippen molar-refractivity contribution in [2.75, 3.05) is 39.4 Å². The van der Waals surface area contributed by atoms with E-state index in [0.29, 0.717) is 19.5 Å². The fourth-order valence-electron chi connectivity index (χ4n) is 5.04. The molecule has 5 rings (SSSR count). The molecule has 2 heterocycles. The zero-order valence-corrected chi connectivity index (χ0v) is 18.4. The monoisotopic (exact) mass is 430 g/mol. The number of benzene rings is 2. The molecule has 0 bridgehead atoms. The maximum Gasteiger partial charge on any atom is 0.326 e. The van der Waals surface area contributed by atoms with Gasteiger partial charge in [0.05, 0.1) is 6.67 Å². The number of aryl methyl sites for hydroxylation is 1. The van der Waals surface area contributed by atoms with Gasteiger partial charge in [-0.05, 0) is 29.5 Å². The second-order valence-electron chi connectivity index (χ2n) is 9.06. The van der Waals surface area contributed by atoms with Crippen LogP contribution < -0.4 is 5.32 Å². The lowest BCUT2D eigenvalue weighted by atomic mass is 9.78. The second-order valence-corrected chi connectivity index (χ2v) is 9.06. The minimum Gasteiger partial charge on any atom is -0.323 e. The third-order valence-electron chi connectivity index (χ3n) is 6.96. The highest BCUT2D eigenvalue weighted by molar-refractivity contribution is 6.07. The van der Waals surface area contributed by atoms with E-state index in [1.165, 1.54) is 21.6 Å². The van der Waals surface area contributed by atoms with Crippen molar-refractivity contribution in [2.24, 2.45) is 0 Å². The maximum atomic E-state index is 13.3. The summed E-state index contributed by atoms with van der Waals surface area (Å²) < 4.78 is 0. The summed E-state index contributed by atoms with van der Waals surface area (Å²) in [5.41, 5.74) is 2.90. The second kappa shape index (κ2) is 8.88. The summed E-state index contributed by atoms with van der Waals surface area (Å²) >= 11 is 0. The summed E-state index contributed by atoms with van der Waals surface area (Å²) in [5, 5.41) is 3.04. The number of fused-ring (bicyclic) bond motifs is 1. The van der Waals surface area contributed by atoms with Gasteiger partial charge in [0.25, 0.3) is 5.91 Å². The van der Waals surface area contributed by atoms with Crippen molar-refractivity contribution in [1.82, 2.24) is 20.0 Å². The Morgan fingerprint density at radius 1 is 0.875 bits per heavy atom. The quantitative estimate of drug-likeness (QED) is 0.742. The van der Waals surface area contributed by atoms with Gasteiger partial charge in [-0.3, -0.25) is 14.6 Å². The zero-order valence-electron chi connectivity index (χ0n) is 18.4. The molecule has 2 aliphatic heterocycles. The lowest BCUT2D eigenvalue weighted by molar-refractivity contribution is -0.133. The van der Waals surface area contributed by atoms with Gasteiger partial charge in [-0.2, -0.15) is 0 Å². The Kier molecular flexibility index (Phi) is 5.81. The van der Waals surface area contributed by atoms with Crippen LogP contribution in [0.4, 0.5) is 4.79 Å². The fraction of sp³-hybridized carbons (Fsp3) is 0.385. The van der Waals surface area contributed by atoms with Crippen molar-refractivity contribution in [3.05, 3.63) is 77.4 Å². The van der Waals surface area contributed by atoms with Crippen LogP contribution in [0.5, 0.6) is 0 Å². The van der Waals surface area contributed by atoms with Crippen molar-refractivity contribution in [3.8, 4) is 0 Å². The highest BCUT2D eigenvalue weighted by Crippen LogP contribution is 2.33. The molecule has 6 heteroatoms. The first-order valence-electron chi connectivity index (χ1n) is 11.5. The van der Waals surface area contributed by atoms with Crippen LogP contribution in [0.3, 0.4) is 0 Å². The summed E-state index contributed by atoms with van der Waals surface area (Å²) in [6.45, 7) is 4.86. The van der Waals surface area contributed by atoms with E-state index in [1.807, 2.05) is 30.3 Å². The summed E-state index contributed by atoms with van der Waals surface area (Å²) in [7, 11) is 0. The number of carbonyl (C=O) groups is 2. The minimum absolute atomic E-state index is 0.0646. The van der Waals surface area contributed by atoms with E-state index >= 15 is 0 Å². The van der Waals surface area contributed by atoms with Gasteiger partial charge in [0, 0.05) is 39.1 Å². The van der Waals surface area contributed by atoms with Gasteiger partial charge in [0.1, 0.15) is 5.54 Å². The molecule has 2 aromatic carbocycles. The van der Waals surface area contributed by atoms with Crippen LogP contribution in [0.25, 0.3) is 6.08 Å². The van der Waals surface area contributed by atoms with Gasteiger partial charge in [-0.25, -0.2) is 9.69 Å². The lowest BCUT2D eigenvalue weighted by Crippen LogP contribution is -2.53. The third kappa shape index (κ3) is 4.20. The Bertz CT molecular complexity index is 1010. The summed E-state index contributed by atoms with van der Waals surface area (Å²) in [6, 6.07) is 18.3. The van der Waals surface area contributed by atoms with Gasteiger partial charge in [0.15, 0.2) is 0 Å². The average molecular weight is 431 g/mol. The topological polar surface area (TPSA) is 55.9 Å². The first kappa shape index (κ1) is 20.9. The molecule has 0 aromatic heterocycles. The van der Waals surface area contributed by atoms with Gasteiger partial charge in [-0.1, -0.05) is 66.7 Å². The number of rotatable bonds is 5. The summed E-state index contributed by atoms with van der Waals surface area (Å²) in [6.07, 6.45) is 6.44. The van der Waals surface area contributed by atoms with E-state index in [0.717, 1.165) is 39.1 Å². The van der Waals surface area contributed by atoms with E-state index in [4.69, 9.17) is 0 Å². The van der Waals surface area contributed by atoms with Crippen LogP contribution in [0.1, 0.15) is 23.1 Å². The number of amides is 3. The smallest absolute Gasteiger partial charge is 0.323 e. The third-order valence-corrected chi connectivity index (χ3v) is 6.96. The maximum absolute atomic E-state index is 13.3. The first-order chi connectivity index (χ1) is 15.6. The SMILES string of the molecule is O=C1NC2(CCc3ccccc3C2)C(=O)N1CN1CCN(C/C=C/c2ccccc2)CC1. The van der Waals surface area contributed by atoms with E-state index in [-0.39, 0.29) is 11.9 Å². The number of carbonyl (C=O) groups excluding carboxylic acids is 2. The highest BCUT2D eigenvalue weighted by atomic mass is 16.2. The van der Waals surface area contributed by atoms with Crippen molar-refractivity contribution in [1.29, 1.82) is 0 Å². The van der Waals surface area contributed by atoms with Crippen molar-refractivity contribution in [2.45, 2.75) is 24.8 Å². The molecular weight excluding hydrogens is 400 g/mol. The molecule has 0 saturated carbocycles. The predicted molar refractivity (Wildman–Crippen MR) is 125 cm³/mol. The van der Waals surface area contributed by atoms with E-state index in [9.17, 15) is 9.59 Å². The Labute approximate surface area is 189 Å². The predicted octanol–water partition coefficient (Wildman–Crippen LogP) is 2.75. The molecule has 0 radical (unpaired) electrons. The van der Waals surface area contributed by atoms with Crippen LogP contribution in [0.15, 0.2) is 60.7 Å². The van der Waals surface area contributed by atoms with Crippen LogP contribution in [-0.2, 0) is 17.6 Å². The molecule has 1 atom stereocenters. The normalized spacial score (nSPS) is 24.3. The van der Waals surface area contributed by atoms with Gasteiger partial charge in [0.2, 0.25) is 0 Å². The summed E-state index contributed by atoms with van der Waals surface area (Å²) in [5.74, 6) is -0.0646. The molecule has 2 fully saturated rings. The Balaban J connectivity index is 1.14. The largest absolute Gasteiger partial charge is 0.326 e. The fourth-order valence-corrected chi connectivity index (χ4v) is 5.04. The van der Waals surface area contributed by atoms with Crippen LogP contribution in [0.2, 0.25) is 0 Å². The van der Waals surface area contributed by atoms with Crippen molar-refractivity contribution < 1.29 is 9.59 Å². The molecule has 1 aliphatic carbocycles. The molecular formula is C26H30N4O2. The molecule has 3 aliphatic rings. The minimum atomic E-state index is -0.768. The molecule has 1 N–H and O–H groups in total. The number of nitrogens with one attached hydrogen (secondary N) is 1. The van der Waals surface area contributed by atoms with Crippen molar-refractivity contribution in [3.63, 3.8) is 0 Å². The number of piperazine rings is 1. The van der Waals surface area contributed by atoms with Crippen LogP contribution in [0, 0.1) is 0 Å². The Morgan fingerprint density at radius 2 is 1.56 bits per heavy atom. The van der Waals surface area contributed by atoms with E-state index in [2.05, 4.69) is 51.5 Å². The molecule has 166 valence electrons. The average Bonchev–Trinajstić information content (AvgIpc) is 3.04. The number of urea groups is 1. The zero-order chi connectivity index (χ0) is 22.0. The first-order valence-corrected chi connectivity index (χ1v) is 11.5. The molecule has 2 saturated heterocycles. The van der Waals surface area contributed by atoms with Gasteiger partial charge >= 0.3 is 6.03 Å². The number of nitrogens with zero attached hydrogens (tertiary/aromatic N) is 3. The number of imide groups is 1. The number of hydrogen-bond acceptors (Lipinski definition) is 4. The van der Waals surface area contributed by atoms with Crippen LogP contribution in [-0.4, -0.2) is 71.6 Å². The number of hydrogen-bond donors (Lipinski definition) is 1. The Hall–Kier alpha value is -2.96. The summed E-state index contributed by atoms with van der Waals surface area (Å²) in [4.78, 5) is 32.1. The molecule has 32 heavy (non-hydrogen) atoms. The molecule has 6 nitrogen and oxygen atoms in total. The van der Waals surface area contributed by atoms with Crippen molar-refractivity contribution >= 4 is 18.0 Å². The highest BCUT2D eigenvalue weighted by Gasteiger charge is 2.52. The molecule has 3 amide bonds. The molecule has 1 unspecified atom stereocenters. The van der Waals surface area contributed by atoms with Crippen LogP contribution >= 0.6 is 0 Å². The van der Waals surface area contributed by atoms with E-state index in [1.54, 1.807) is 0 Å². The van der Waals surface area contributed by atoms with E-state index < -0.39 is 5.54 Å². The lowest BCUT2D eigenvalue weighted by Gasteiger charge is -2.36. The van der Waals surface area contributed by atoms with Gasteiger partial charge < -0.3 is 5.32 Å². The van der Waals surface area contributed by atoms with Gasteiger partial charge in [-0.15, -0.1) is 0 Å². The molecule has 1 spiro atoms. The standard InChI is InChI=1S/C26H30N4O2/c31-24-26(13-12-22-10-4-5-11-23(22)19-26)27-25(32)30(24)20-29-17-15-28(16-18-29)14-6-9-21-7-2-1-3-8-21/h1-11H,12-20H2,(H,27,32)/b9-6+. The molecule has 2 aromatic rings. The Morgan fingerprint density at radius 3 is 2.34 bits per heavy atom.